The third kappa shape index (κ3) is 10.1. The zero-order valence-electron chi connectivity index (χ0n) is 25.4. The zero-order valence-corrected chi connectivity index (χ0v) is 25.4. The first-order valence-corrected chi connectivity index (χ1v) is 14.1. The molecular formula is C32H42N6O4. The molecule has 3 aromatic rings. The van der Waals surface area contributed by atoms with Gasteiger partial charge in [-0.25, -0.2) is 9.59 Å². The van der Waals surface area contributed by atoms with Crippen molar-refractivity contribution in [3.8, 4) is 0 Å². The third-order valence-electron chi connectivity index (χ3n) is 6.20. The topological polar surface area (TPSA) is 116 Å². The third-order valence-corrected chi connectivity index (χ3v) is 6.20. The number of urea groups is 1. The summed E-state index contributed by atoms with van der Waals surface area (Å²) in [6, 6.07) is 17.7. The van der Waals surface area contributed by atoms with Crippen LogP contribution in [0, 0.1) is 0 Å². The maximum Gasteiger partial charge on any atom is 0.412 e. The van der Waals surface area contributed by atoms with Crippen LogP contribution in [0.25, 0.3) is 0 Å². The van der Waals surface area contributed by atoms with E-state index in [0.29, 0.717) is 24.5 Å². The lowest BCUT2D eigenvalue weighted by Crippen LogP contribution is -2.35. The molecule has 0 fully saturated rings. The van der Waals surface area contributed by atoms with E-state index >= 15 is 0 Å². The molecule has 224 valence electrons. The highest BCUT2D eigenvalue weighted by Crippen LogP contribution is 2.23. The van der Waals surface area contributed by atoms with Crippen molar-refractivity contribution in [2.75, 3.05) is 41.5 Å². The Morgan fingerprint density at radius 2 is 1.52 bits per heavy atom. The average molecular weight is 575 g/mol. The molecule has 1 heterocycles. The van der Waals surface area contributed by atoms with Crippen LogP contribution in [0.2, 0.25) is 0 Å². The van der Waals surface area contributed by atoms with Crippen LogP contribution in [0.3, 0.4) is 0 Å². The number of amides is 4. The first kappa shape index (κ1) is 31.9. The molecule has 3 rings (SSSR count). The predicted molar refractivity (Wildman–Crippen MR) is 168 cm³/mol. The highest BCUT2D eigenvalue weighted by atomic mass is 16.6. The van der Waals surface area contributed by atoms with Crippen LogP contribution in [0.4, 0.5) is 32.3 Å². The van der Waals surface area contributed by atoms with Gasteiger partial charge >= 0.3 is 12.1 Å². The van der Waals surface area contributed by atoms with Crippen molar-refractivity contribution in [2.24, 2.45) is 0 Å². The second-order valence-electron chi connectivity index (χ2n) is 11.2. The minimum Gasteiger partial charge on any atom is -0.444 e. The van der Waals surface area contributed by atoms with Crippen LogP contribution in [0.15, 0.2) is 66.9 Å². The SMILES string of the molecule is CCCCCN(Cc1ccc(C(=O)Nc2ccccc2NC(=O)OC(C)(C)C)nc1)C(=O)Nc1ccc(N(C)C)cc1. The monoisotopic (exact) mass is 574 g/mol. The zero-order chi connectivity index (χ0) is 30.7. The number of nitrogens with one attached hydrogen (secondary N) is 3. The van der Waals surface area contributed by atoms with Crippen LogP contribution in [-0.4, -0.2) is 54.2 Å². The lowest BCUT2D eigenvalue weighted by molar-refractivity contribution is 0.0635. The second-order valence-corrected chi connectivity index (χ2v) is 11.2. The molecule has 10 heteroatoms. The Balaban J connectivity index is 1.66. The van der Waals surface area contributed by atoms with Crippen LogP contribution in [0.5, 0.6) is 0 Å². The fourth-order valence-corrected chi connectivity index (χ4v) is 4.02. The van der Waals surface area contributed by atoms with Crippen molar-refractivity contribution < 1.29 is 19.1 Å². The fourth-order valence-electron chi connectivity index (χ4n) is 4.02. The normalized spacial score (nSPS) is 10.9. The Bertz CT molecular complexity index is 1330. The number of benzene rings is 2. The molecule has 0 spiro atoms. The van der Waals surface area contributed by atoms with Gasteiger partial charge in [0.05, 0.1) is 11.4 Å². The number of hydrogen-bond acceptors (Lipinski definition) is 6. The number of rotatable bonds is 11. The van der Waals surface area contributed by atoms with Gasteiger partial charge in [0.25, 0.3) is 5.91 Å². The summed E-state index contributed by atoms with van der Waals surface area (Å²) in [4.78, 5) is 46.5. The number of ether oxygens (including phenoxy) is 1. The smallest absolute Gasteiger partial charge is 0.412 e. The van der Waals surface area contributed by atoms with Crippen molar-refractivity contribution in [1.29, 1.82) is 0 Å². The summed E-state index contributed by atoms with van der Waals surface area (Å²) < 4.78 is 5.32. The van der Waals surface area contributed by atoms with E-state index in [0.717, 1.165) is 36.2 Å². The number of nitrogens with zero attached hydrogens (tertiary/aromatic N) is 3. The predicted octanol–water partition coefficient (Wildman–Crippen LogP) is 6.97. The van der Waals surface area contributed by atoms with Gasteiger partial charge < -0.3 is 25.2 Å². The molecule has 0 atom stereocenters. The van der Waals surface area contributed by atoms with Crippen LogP contribution >= 0.6 is 0 Å². The number of carbonyl (C=O) groups excluding carboxylic acids is 3. The summed E-state index contributed by atoms with van der Waals surface area (Å²) in [5.74, 6) is -0.432. The molecule has 2 aromatic carbocycles. The molecule has 0 bridgehead atoms. The summed E-state index contributed by atoms with van der Waals surface area (Å²) >= 11 is 0. The Labute approximate surface area is 248 Å². The number of unbranched alkanes of at least 4 members (excludes halogenated alkanes) is 2. The molecule has 10 nitrogen and oxygen atoms in total. The van der Waals surface area contributed by atoms with Gasteiger partial charge in [0.1, 0.15) is 11.3 Å². The van der Waals surface area contributed by atoms with Gasteiger partial charge in [-0.05, 0) is 75.2 Å². The molecule has 0 aliphatic heterocycles. The molecule has 1 aromatic heterocycles. The number of carbonyl (C=O) groups is 3. The molecule has 0 aliphatic rings. The van der Waals surface area contributed by atoms with Crippen molar-refractivity contribution in [3.05, 3.63) is 78.1 Å². The van der Waals surface area contributed by atoms with Crippen molar-refractivity contribution in [3.63, 3.8) is 0 Å². The van der Waals surface area contributed by atoms with E-state index in [-0.39, 0.29) is 11.7 Å². The van der Waals surface area contributed by atoms with Gasteiger partial charge in [-0.15, -0.1) is 0 Å². The first-order chi connectivity index (χ1) is 19.9. The van der Waals surface area contributed by atoms with Gasteiger partial charge in [-0.2, -0.15) is 0 Å². The Morgan fingerprint density at radius 1 is 0.857 bits per heavy atom. The number of anilines is 4. The maximum absolute atomic E-state index is 13.2. The van der Waals surface area contributed by atoms with Gasteiger partial charge in [0, 0.05) is 44.8 Å². The number of pyridine rings is 1. The van der Waals surface area contributed by atoms with Crippen molar-refractivity contribution >= 4 is 40.8 Å². The summed E-state index contributed by atoms with van der Waals surface area (Å²) in [6.07, 6.45) is 3.93. The summed E-state index contributed by atoms with van der Waals surface area (Å²) in [5, 5.41) is 8.45. The molecule has 0 unspecified atom stereocenters. The summed E-state index contributed by atoms with van der Waals surface area (Å²) in [6.45, 7) is 8.39. The van der Waals surface area contributed by atoms with Crippen LogP contribution < -0.4 is 20.9 Å². The van der Waals surface area contributed by atoms with E-state index in [1.807, 2.05) is 43.3 Å². The molecule has 0 saturated carbocycles. The minimum atomic E-state index is -0.655. The summed E-state index contributed by atoms with van der Waals surface area (Å²) in [5.41, 5.74) is 2.93. The Kier molecular flexibility index (Phi) is 11.3. The first-order valence-electron chi connectivity index (χ1n) is 14.1. The average Bonchev–Trinajstić information content (AvgIpc) is 2.93. The van der Waals surface area contributed by atoms with E-state index in [9.17, 15) is 14.4 Å². The number of hydrogen-bond donors (Lipinski definition) is 3. The fraction of sp³-hybridized carbons (Fsp3) is 0.375. The van der Waals surface area contributed by atoms with E-state index in [4.69, 9.17) is 4.74 Å². The minimum absolute atomic E-state index is 0.195. The van der Waals surface area contributed by atoms with Gasteiger partial charge in [-0.3, -0.25) is 15.1 Å². The maximum atomic E-state index is 13.2. The van der Waals surface area contributed by atoms with E-state index in [1.165, 1.54) is 0 Å². The van der Waals surface area contributed by atoms with E-state index in [1.54, 1.807) is 68.3 Å². The number of para-hydroxylation sites is 2. The lowest BCUT2D eigenvalue weighted by Gasteiger charge is -2.23. The Morgan fingerprint density at radius 3 is 2.10 bits per heavy atom. The van der Waals surface area contributed by atoms with E-state index < -0.39 is 17.6 Å². The molecule has 0 radical (unpaired) electrons. The quantitative estimate of drug-likeness (QED) is 0.213. The van der Waals surface area contributed by atoms with Crippen LogP contribution in [-0.2, 0) is 11.3 Å². The van der Waals surface area contributed by atoms with Gasteiger partial charge in [0.15, 0.2) is 0 Å². The van der Waals surface area contributed by atoms with Crippen molar-refractivity contribution in [2.45, 2.75) is 59.1 Å². The van der Waals surface area contributed by atoms with Gasteiger partial charge in [-0.1, -0.05) is 38.0 Å². The standard InChI is InChI=1S/C32H42N6O4/c1-7-8-11-20-38(30(40)34-24-15-17-25(18-16-24)37(5)6)22-23-14-19-28(33-21-23)29(39)35-26-12-9-10-13-27(26)36-31(41)42-32(2,3)4/h9-10,12-19,21H,7-8,11,20,22H2,1-6H3,(H,34,40)(H,35,39)(H,36,41). The molecule has 0 saturated heterocycles. The van der Waals surface area contributed by atoms with Crippen LogP contribution in [0.1, 0.15) is 63.0 Å². The highest BCUT2D eigenvalue weighted by molar-refractivity contribution is 6.05. The molecule has 42 heavy (non-hydrogen) atoms. The number of aromatic nitrogens is 1. The highest BCUT2D eigenvalue weighted by Gasteiger charge is 2.19. The van der Waals surface area contributed by atoms with Crippen molar-refractivity contribution in [1.82, 2.24) is 9.88 Å². The van der Waals surface area contributed by atoms with E-state index in [2.05, 4.69) is 27.9 Å². The molecule has 4 amide bonds. The molecule has 3 N–H and O–H groups in total. The van der Waals surface area contributed by atoms with Gasteiger partial charge in [0.2, 0.25) is 0 Å². The largest absolute Gasteiger partial charge is 0.444 e. The molecular weight excluding hydrogens is 532 g/mol. The second kappa shape index (κ2) is 14.9. The molecule has 0 aliphatic carbocycles. The Hall–Kier alpha value is -4.60. The summed E-state index contributed by atoms with van der Waals surface area (Å²) in [7, 11) is 3.93. The lowest BCUT2D eigenvalue weighted by atomic mass is 10.2.